The standard InChI is InChI=1S/C11H15N5O/c1-16-7-8(14-15-16)6-10(12)9-4-3-5-13-11(9)17-2/h3-5,7,10H,6,12H2,1-2H3. The molecule has 2 heterocycles. The predicted molar refractivity (Wildman–Crippen MR) is 62.4 cm³/mol. The fourth-order valence-electron chi connectivity index (χ4n) is 1.68. The molecule has 0 aromatic carbocycles. The van der Waals surface area contributed by atoms with Crippen molar-refractivity contribution in [1.82, 2.24) is 20.0 Å². The summed E-state index contributed by atoms with van der Waals surface area (Å²) < 4.78 is 6.83. The minimum atomic E-state index is -0.199. The van der Waals surface area contributed by atoms with Gasteiger partial charge in [-0.05, 0) is 6.07 Å². The van der Waals surface area contributed by atoms with Crippen molar-refractivity contribution in [2.24, 2.45) is 12.8 Å². The predicted octanol–water partition coefficient (Wildman–Crippen LogP) is 0.461. The number of aryl methyl sites for hydroxylation is 1. The molecule has 0 fully saturated rings. The molecule has 17 heavy (non-hydrogen) atoms. The number of aromatic nitrogens is 4. The van der Waals surface area contributed by atoms with E-state index in [4.69, 9.17) is 10.5 Å². The van der Waals surface area contributed by atoms with Crippen LogP contribution in [0.4, 0.5) is 0 Å². The SMILES string of the molecule is COc1ncccc1C(N)Cc1cn(C)nn1. The molecule has 90 valence electrons. The van der Waals surface area contributed by atoms with Crippen molar-refractivity contribution in [2.75, 3.05) is 7.11 Å². The molecule has 0 aliphatic carbocycles. The number of methoxy groups -OCH3 is 1. The van der Waals surface area contributed by atoms with Crippen LogP contribution in [-0.4, -0.2) is 27.1 Å². The fourth-order valence-corrected chi connectivity index (χ4v) is 1.68. The van der Waals surface area contributed by atoms with Crippen molar-refractivity contribution in [3.63, 3.8) is 0 Å². The molecule has 1 unspecified atom stereocenters. The second-order valence-electron chi connectivity index (χ2n) is 3.80. The molecule has 2 aromatic heterocycles. The molecule has 1 atom stereocenters. The van der Waals surface area contributed by atoms with Crippen LogP contribution in [0.5, 0.6) is 5.88 Å². The van der Waals surface area contributed by atoms with Gasteiger partial charge in [-0.2, -0.15) is 0 Å². The minimum Gasteiger partial charge on any atom is -0.481 e. The van der Waals surface area contributed by atoms with Crippen molar-refractivity contribution in [3.8, 4) is 5.88 Å². The largest absolute Gasteiger partial charge is 0.481 e. The molecule has 2 N–H and O–H groups in total. The lowest BCUT2D eigenvalue weighted by atomic mass is 10.0. The van der Waals surface area contributed by atoms with Gasteiger partial charge >= 0.3 is 0 Å². The van der Waals surface area contributed by atoms with E-state index in [2.05, 4.69) is 15.3 Å². The first kappa shape index (κ1) is 11.5. The van der Waals surface area contributed by atoms with Crippen molar-refractivity contribution in [2.45, 2.75) is 12.5 Å². The Labute approximate surface area is 99.4 Å². The third-order valence-corrected chi connectivity index (χ3v) is 2.47. The molecular formula is C11H15N5O. The number of ether oxygens (including phenoxy) is 1. The highest BCUT2D eigenvalue weighted by Crippen LogP contribution is 2.22. The summed E-state index contributed by atoms with van der Waals surface area (Å²) in [5.74, 6) is 0.559. The Hall–Kier alpha value is -1.95. The van der Waals surface area contributed by atoms with E-state index in [0.717, 1.165) is 11.3 Å². The fraction of sp³-hybridized carbons (Fsp3) is 0.364. The van der Waals surface area contributed by atoms with Gasteiger partial charge < -0.3 is 10.5 Å². The average Bonchev–Trinajstić information content (AvgIpc) is 2.74. The van der Waals surface area contributed by atoms with Gasteiger partial charge in [0.25, 0.3) is 0 Å². The monoisotopic (exact) mass is 233 g/mol. The van der Waals surface area contributed by atoms with Crippen LogP contribution in [0, 0.1) is 0 Å². The van der Waals surface area contributed by atoms with E-state index < -0.39 is 0 Å². The van der Waals surface area contributed by atoms with Crippen LogP contribution in [0.2, 0.25) is 0 Å². The van der Waals surface area contributed by atoms with Crippen molar-refractivity contribution in [1.29, 1.82) is 0 Å². The van der Waals surface area contributed by atoms with E-state index in [9.17, 15) is 0 Å². The minimum absolute atomic E-state index is 0.199. The molecular weight excluding hydrogens is 218 g/mol. The molecule has 0 radical (unpaired) electrons. The Morgan fingerprint density at radius 2 is 2.35 bits per heavy atom. The van der Waals surface area contributed by atoms with Gasteiger partial charge in [0.15, 0.2) is 0 Å². The maximum absolute atomic E-state index is 6.12. The molecule has 6 nitrogen and oxygen atoms in total. The Kier molecular flexibility index (Phi) is 3.34. The number of hydrogen-bond acceptors (Lipinski definition) is 5. The second-order valence-corrected chi connectivity index (χ2v) is 3.80. The topological polar surface area (TPSA) is 78.9 Å². The molecule has 0 saturated heterocycles. The van der Waals surface area contributed by atoms with E-state index >= 15 is 0 Å². The van der Waals surface area contributed by atoms with Crippen molar-refractivity contribution >= 4 is 0 Å². The molecule has 0 aliphatic heterocycles. The summed E-state index contributed by atoms with van der Waals surface area (Å²) in [6.45, 7) is 0. The van der Waals surface area contributed by atoms with Crippen LogP contribution in [0.1, 0.15) is 17.3 Å². The van der Waals surface area contributed by atoms with E-state index in [1.165, 1.54) is 0 Å². The van der Waals surface area contributed by atoms with Crippen molar-refractivity contribution < 1.29 is 4.74 Å². The zero-order valence-electron chi connectivity index (χ0n) is 9.87. The second kappa shape index (κ2) is 4.92. The van der Waals surface area contributed by atoms with Crippen LogP contribution in [0.3, 0.4) is 0 Å². The first-order valence-corrected chi connectivity index (χ1v) is 5.30. The van der Waals surface area contributed by atoms with Crippen LogP contribution in [-0.2, 0) is 13.5 Å². The Balaban J connectivity index is 2.16. The number of pyridine rings is 1. The van der Waals surface area contributed by atoms with Gasteiger partial charge in [0.1, 0.15) is 0 Å². The summed E-state index contributed by atoms with van der Waals surface area (Å²) in [6.07, 6.45) is 4.13. The Morgan fingerprint density at radius 3 is 3.00 bits per heavy atom. The summed E-state index contributed by atoms with van der Waals surface area (Å²) in [5.41, 5.74) is 7.84. The number of hydrogen-bond donors (Lipinski definition) is 1. The molecule has 0 amide bonds. The van der Waals surface area contributed by atoms with Gasteiger partial charge in [-0.3, -0.25) is 4.68 Å². The summed E-state index contributed by atoms with van der Waals surface area (Å²) in [7, 11) is 3.41. The van der Waals surface area contributed by atoms with Gasteiger partial charge in [-0.1, -0.05) is 11.3 Å². The normalized spacial score (nSPS) is 12.4. The summed E-state index contributed by atoms with van der Waals surface area (Å²) in [4.78, 5) is 4.12. The highest BCUT2D eigenvalue weighted by atomic mass is 16.5. The lowest BCUT2D eigenvalue weighted by Crippen LogP contribution is -2.15. The van der Waals surface area contributed by atoms with E-state index in [0.29, 0.717) is 12.3 Å². The summed E-state index contributed by atoms with van der Waals surface area (Å²) >= 11 is 0. The average molecular weight is 233 g/mol. The molecule has 6 heteroatoms. The van der Waals surface area contributed by atoms with Gasteiger partial charge in [0.05, 0.1) is 12.8 Å². The number of nitrogens with two attached hydrogens (primary N) is 1. The van der Waals surface area contributed by atoms with Gasteiger partial charge in [-0.15, -0.1) is 5.10 Å². The Morgan fingerprint density at radius 1 is 1.53 bits per heavy atom. The lowest BCUT2D eigenvalue weighted by molar-refractivity contribution is 0.388. The zero-order valence-corrected chi connectivity index (χ0v) is 9.87. The van der Waals surface area contributed by atoms with Gasteiger partial charge in [0, 0.05) is 37.5 Å². The molecule has 0 spiro atoms. The van der Waals surface area contributed by atoms with Crippen LogP contribution in [0.25, 0.3) is 0 Å². The molecule has 0 saturated carbocycles. The first-order chi connectivity index (χ1) is 8.20. The number of rotatable bonds is 4. The quantitative estimate of drug-likeness (QED) is 0.830. The van der Waals surface area contributed by atoms with E-state index in [1.807, 2.05) is 25.4 Å². The van der Waals surface area contributed by atoms with E-state index in [-0.39, 0.29) is 6.04 Å². The molecule has 0 aliphatic rings. The number of nitrogens with zero attached hydrogens (tertiary/aromatic N) is 4. The zero-order chi connectivity index (χ0) is 12.3. The van der Waals surface area contributed by atoms with Crippen molar-refractivity contribution in [3.05, 3.63) is 35.8 Å². The van der Waals surface area contributed by atoms with Gasteiger partial charge in [-0.25, -0.2) is 4.98 Å². The highest BCUT2D eigenvalue weighted by Gasteiger charge is 2.14. The summed E-state index contributed by atoms with van der Waals surface area (Å²) in [5, 5.41) is 7.88. The maximum Gasteiger partial charge on any atom is 0.217 e. The Bertz CT molecular complexity index is 496. The van der Waals surface area contributed by atoms with Gasteiger partial charge in [0.2, 0.25) is 5.88 Å². The lowest BCUT2D eigenvalue weighted by Gasteiger charge is -2.12. The first-order valence-electron chi connectivity index (χ1n) is 5.30. The third kappa shape index (κ3) is 2.59. The van der Waals surface area contributed by atoms with Crippen LogP contribution < -0.4 is 10.5 Å². The molecule has 0 bridgehead atoms. The highest BCUT2D eigenvalue weighted by molar-refractivity contribution is 5.29. The van der Waals surface area contributed by atoms with E-state index in [1.54, 1.807) is 18.0 Å². The van der Waals surface area contributed by atoms with Crippen LogP contribution >= 0.6 is 0 Å². The molecule has 2 rings (SSSR count). The maximum atomic E-state index is 6.12. The van der Waals surface area contributed by atoms with Crippen LogP contribution in [0.15, 0.2) is 24.5 Å². The smallest absolute Gasteiger partial charge is 0.217 e. The summed E-state index contributed by atoms with van der Waals surface area (Å²) in [6, 6.07) is 3.55. The molecule has 2 aromatic rings. The third-order valence-electron chi connectivity index (χ3n) is 2.47.